The number of aliphatic hydroxyl groups excluding tert-OH is 1. The second kappa shape index (κ2) is 5.94. The van der Waals surface area contributed by atoms with Crippen LogP contribution in [-0.4, -0.2) is 11.7 Å². The Balaban J connectivity index is 1.73. The van der Waals surface area contributed by atoms with Gasteiger partial charge in [0.1, 0.15) is 24.3 Å². The summed E-state index contributed by atoms with van der Waals surface area (Å²) in [6.45, 7) is 0.0132. The number of benzene rings is 3. The van der Waals surface area contributed by atoms with E-state index in [0.717, 1.165) is 10.8 Å². The smallest absolute Gasteiger partial charge is 0.129 e. The molecule has 1 unspecified atom stereocenters. The molecule has 0 fully saturated rings. The van der Waals surface area contributed by atoms with Crippen molar-refractivity contribution in [2.45, 2.75) is 6.10 Å². The summed E-state index contributed by atoms with van der Waals surface area (Å²) in [5.41, 5.74) is 0.248. The van der Waals surface area contributed by atoms with Gasteiger partial charge >= 0.3 is 0 Å². The lowest BCUT2D eigenvalue weighted by Crippen LogP contribution is -2.11. The van der Waals surface area contributed by atoms with Gasteiger partial charge in [-0.3, -0.25) is 0 Å². The van der Waals surface area contributed by atoms with E-state index in [1.54, 1.807) is 18.2 Å². The number of fused-ring (bicyclic) bond motifs is 1. The largest absolute Gasteiger partial charge is 0.491 e. The van der Waals surface area contributed by atoms with Gasteiger partial charge in [-0.15, -0.1) is 0 Å². The van der Waals surface area contributed by atoms with Crippen LogP contribution in [0.1, 0.15) is 11.7 Å². The summed E-state index contributed by atoms with van der Waals surface area (Å²) in [6, 6.07) is 19.8. The van der Waals surface area contributed by atoms with Crippen molar-refractivity contribution in [2.24, 2.45) is 0 Å². The van der Waals surface area contributed by atoms with Gasteiger partial charge in [-0.25, -0.2) is 4.39 Å². The van der Waals surface area contributed by atoms with Crippen LogP contribution in [0.25, 0.3) is 10.8 Å². The van der Waals surface area contributed by atoms with Crippen molar-refractivity contribution in [3.63, 3.8) is 0 Å². The van der Waals surface area contributed by atoms with Crippen LogP contribution in [0.2, 0.25) is 0 Å². The first kappa shape index (κ1) is 13.6. The molecule has 0 saturated carbocycles. The molecule has 0 spiro atoms. The van der Waals surface area contributed by atoms with Gasteiger partial charge in [0.15, 0.2) is 0 Å². The maximum Gasteiger partial charge on any atom is 0.129 e. The first-order chi connectivity index (χ1) is 10.2. The van der Waals surface area contributed by atoms with Gasteiger partial charge in [0.2, 0.25) is 0 Å². The molecule has 0 bridgehead atoms. The van der Waals surface area contributed by atoms with Crippen LogP contribution in [0.3, 0.4) is 0 Å². The van der Waals surface area contributed by atoms with Crippen LogP contribution in [0.5, 0.6) is 5.75 Å². The van der Waals surface area contributed by atoms with E-state index < -0.39 is 11.9 Å². The van der Waals surface area contributed by atoms with Crippen LogP contribution in [0, 0.1) is 5.82 Å². The molecular weight excluding hydrogens is 267 g/mol. The van der Waals surface area contributed by atoms with Gasteiger partial charge in [0, 0.05) is 5.56 Å². The second-order valence-electron chi connectivity index (χ2n) is 4.86. The molecule has 0 aliphatic heterocycles. The molecule has 3 heteroatoms. The normalized spacial score (nSPS) is 12.3. The van der Waals surface area contributed by atoms with E-state index in [4.69, 9.17) is 4.74 Å². The minimum atomic E-state index is -0.988. The summed E-state index contributed by atoms with van der Waals surface area (Å²) in [5, 5.41) is 12.2. The van der Waals surface area contributed by atoms with Gasteiger partial charge in [-0.1, -0.05) is 48.5 Å². The first-order valence-corrected chi connectivity index (χ1v) is 6.78. The molecular formula is C18H15FO2. The molecule has 1 atom stereocenters. The van der Waals surface area contributed by atoms with E-state index in [9.17, 15) is 9.50 Å². The van der Waals surface area contributed by atoms with Crippen molar-refractivity contribution in [1.82, 2.24) is 0 Å². The van der Waals surface area contributed by atoms with E-state index in [0.29, 0.717) is 5.75 Å². The van der Waals surface area contributed by atoms with Crippen LogP contribution < -0.4 is 4.74 Å². The van der Waals surface area contributed by atoms with Crippen LogP contribution in [0.15, 0.2) is 66.7 Å². The quantitative estimate of drug-likeness (QED) is 0.781. The summed E-state index contributed by atoms with van der Waals surface area (Å²) >= 11 is 0. The highest BCUT2D eigenvalue weighted by molar-refractivity contribution is 5.83. The lowest BCUT2D eigenvalue weighted by atomic mass is 10.1. The lowest BCUT2D eigenvalue weighted by Gasteiger charge is -2.13. The molecule has 3 aromatic carbocycles. The van der Waals surface area contributed by atoms with Gasteiger partial charge < -0.3 is 9.84 Å². The van der Waals surface area contributed by atoms with Gasteiger partial charge in [0.25, 0.3) is 0 Å². The fourth-order valence-corrected chi connectivity index (χ4v) is 2.27. The summed E-state index contributed by atoms with van der Waals surface area (Å²) in [7, 11) is 0. The average Bonchev–Trinajstić information content (AvgIpc) is 2.53. The Morgan fingerprint density at radius 2 is 1.62 bits per heavy atom. The van der Waals surface area contributed by atoms with Crippen LogP contribution in [0.4, 0.5) is 4.39 Å². The number of hydrogen-bond donors (Lipinski definition) is 1. The summed E-state index contributed by atoms with van der Waals surface area (Å²) in [4.78, 5) is 0. The van der Waals surface area contributed by atoms with Gasteiger partial charge in [-0.2, -0.15) is 0 Å². The van der Waals surface area contributed by atoms with Crippen molar-refractivity contribution in [1.29, 1.82) is 0 Å². The molecule has 3 rings (SSSR count). The standard InChI is InChI=1S/C18H15FO2/c19-17-8-4-3-7-16(17)18(20)12-21-15-10-9-13-5-1-2-6-14(13)11-15/h1-11,18,20H,12H2. The van der Waals surface area contributed by atoms with Gasteiger partial charge in [-0.05, 0) is 29.0 Å². The molecule has 0 radical (unpaired) electrons. The monoisotopic (exact) mass is 282 g/mol. The second-order valence-corrected chi connectivity index (χ2v) is 4.86. The minimum Gasteiger partial charge on any atom is -0.491 e. The predicted molar refractivity (Wildman–Crippen MR) is 80.8 cm³/mol. The predicted octanol–water partition coefficient (Wildman–Crippen LogP) is 4.09. The molecule has 1 N–H and O–H groups in total. The Kier molecular flexibility index (Phi) is 3.84. The average molecular weight is 282 g/mol. The van der Waals surface area contributed by atoms with Crippen LogP contribution >= 0.6 is 0 Å². The van der Waals surface area contributed by atoms with Crippen molar-refractivity contribution in [2.75, 3.05) is 6.61 Å². The van der Waals surface area contributed by atoms with Gasteiger partial charge in [0.05, 0.1) is 0 Å². The highest BCUT2D eigenvalue weighted by Crippen LogP contribution is 2.22. The highest BCUT2D eigenvalue weighted by atomic mass is 19.1. The summed E-state index contributed by atoms with van der Waals surface area (Å²) < 4.78 is 19.1. The third-order valence-electron chi connectivity index (χ3n) is 3.39. The third-order valence-corrected chi connectivity index (χ3v) is 3.39. The molecule has 0 aliphatic carbocycles. The maximum atomic E-state index is 13.6. The Bertz CT molecular complexity index is 755. The highest BCUT2D eigenvalue weighted by Gasteiger charge is 2.12. The fraction of sp³-hybridized carbons (Fsp3) is 0.111. The molecule has 106 valence electrons. The molecule has 0 aromatic heterocycles. The van der Waals surface area contributed by atoms with E-state index in [1.807, 2.05) is 42.5 Å². The molecule has 21 heavy (non-hydrogen) atoms. The lowest BCUT2D eigenvalue weighted by molar-refractivity contribution is 0.105. The van der Waals surface area contributed by atoms with E-state index in [1.165, 1.54) is 6.07 Å². The molecule has 0 amide bonds. The third kappa shape index (κ3) is 3.03. The fourth-order valence-electron chi connectivity index (χ4n) is 2.27. The SMILES string of the molecule is OC(COc1ccc2ccccc2c1)c1ccccc1F. The number of rotatable bonds is 4. The van der Waals surface area contributed by atoms with Crippen LogP contribution in [-0.2, 0) is 0 Å². The topological polar surface area (TPSA) is 29.5 Å². The first-order valence-electron chi connectivity index (χ1n) is 6.78. The molecule has 0 heterocycles. The number of aliphatic hydroxyl groups is 1. The minimum absolute atomic E-state index is 0.0132. The Morgan fingerprint density at radius 3 is 2.43 bits per heavy atom. The molecule has 3 aromatic rings. The number of halogens is 1. The zero-order valence-corrected chi connectivity index (χ0v) is 11.4. The summed E-state index contributed by atoms with van der Waals surface area (Å²) in [5.74, 6) is 0.233. The van der Waals surface area contributed by atoms with Crippen molar-refractivity contribution in [3.05, 3.63) is 78.1 Å². The zero-order valence-electron chi connectivity index (χ0n) is 11.4. The van der Waals surface area contributed by atoms with E-state index in [-0.39, 0.29) is 12.2 Å². The van der Waals surface area contributed by atoms with Crippen molar-refractivity contribution in [3.8, 4) is 5.75 Å². The summed E-state index contributed by atoms with van der Waals surface area (Å²) in [6.07, 6.45) is -0.988. The maximum absolute atomic E-state index is 13.6. The van der Waals surface area contributed by atoms with E-state index >= 15 is 0 Å². The number of ether oxygens (including phenoxy) is 1. The number of hydrogen-bond acceptors (Lipinski definition) is 2. The van der Waals surface area contributed by atoms with Crippen molar-refractivity contribution < 1.29 is 14.2 Å². The van der Waals surface area contributed by atoms with E-state index in [2.05, 4.69) is 0 Å². The molecule has 0 aliphatic rings. The molecule has 0 saturated heterocycles. The van der Waals surface area contributed by atoms with Crippen molar-refractivity contribution >= 4 is 10.8 Å². The Hall–Kier alpha value is -2.39. The Morgan fingerprint density at radius 1 is 0.905 bits per heavy atom. The Labute approximate surface area is 122 Å². The molecule has 2 nitrogen and oxygen atoms in total. The zero-order chi connectivity index (χ0) is 14.7.